The molecular formula is C18H26N2O. The Morgan fingerprint density at radius 1 is 1.00 bits per heavy atom. The Morgan fingerprint density at radius 3 is 2.10 bits per heavy atom. The summed E-state index contributed by atoms with van der Waals surface area (Å²) >= 11 is 0. The molecule has 3 nitrogen and oxygen atoms in total. The van der Waals surface area contributed by atoms with E-state index in [4.69, 9.17) is 5.73 Å². The highest BCUT2D eigenvalue weighted by Crippen LogP contribution is 2.51. The molecular weight excluding hydrogens is 260 g/mol. The van der Waals surface area contributed by atoms with Gasteiger partial charge in [-0.1, -0.05) is 30.5 Å². The SMILES string of the molecule is Cc1ccc(NC2(C(N)=O)CCC3(CCCC3)CC2)cc1. The number of rotatable bonds is 3. The number of benzene rings is 1. The molecule has 1 spiro atoms. The fraction of sp³-hybridized carbons (Fsp3) is 0.611. The molecule has 3 N–H and O–H groups in total. The van der Waals surface area contributed by atoms with Crippen LogP contribution in [0.15, 0.2) is 24.3 Å². The summed E-state index contributed by atoms with van der Waals surface area (Å²) in [4.78, 5) is 12.1. The van der Waals surface area contributed by atoms with Gasteiger partial charge in [0, 0.05) is 5.69 Å². The summed E-state index contributed by atoms with van der Waals surface area (Å²) in [6.07, 6.45) is 9.40. The molecule has 1 amide bonds. The number of nitrogens with two attached hydrogens (primary N) is 1. The van der Waals surface area contributed by atoms with E-state index in [0.29, 0.717) is 5.41 Å². The van der Waals surface area contributed by atoms with Crippen LogP contribution < -0.4 is 11.1 Å². The molecule has 114 valence electrons. The van der Waals surface area contributed by atoms with E-state index >= 15 is 0 Å². The third-order valence-electron chi connectivity index (χ3n) is 5.74. The van der Waals surface area contributed by atoms with Gasteiger partial charge >= 0.3 is 0 Å². The van der Waals surface area contributed by atoms with Crippen LogP contribution in [0.2, 0.25) is 0 Å². The van der Waals surface area contributed by atoms with Crippen LogP contribution in [0.3, 0.4) is 0 Å². The fourth-order valence-corrected chi connectivity index (χ4v) is 4.18. The van der Waals surface area contributed by atoms with Crippen molar-refractivity contribution in [3.05, 3.63) is 29.8 Å². The van der Waals surface area contributed by atoms with Crippen molar-refractivity contribution in [1.82, 2.24) is 0 Å². The highest BCUT2D eigenvalue weighted by Gasteiger charge is 2.46. The lowest BCUT2D eigenvalue weighted by Crippen LogP contribution is -2.54. The van der Waals surface area contributed by atoms with E-state index in [2.05, 4.69) is 24.4 Å². The number of amides is 1. The van der Waals surface area contributed by atoms with E-state index in [1.54, 1.807) is 0 Å². The van der Waals surface area contributed by atoms with Crippen LogP contribution in [0.1, 0.15) is 56.9 Å². The summed E-state index contributed by atoms with van der Waals surface area (Å²) < 4.78 is 0. The van der Waals surface area contributed by atoms with Crippen molar-refractivity contribution in [1.29, 1.82) is 0 Å². The van der Waals surface area contributed by atoms with Crippen molar-refractivity contribution in [2.45, 2.75) is 63.8 Å². The molecule has 1 aromatic carbocycles. The molecule has 21 heavy (non-hydrogen) atoms. The van der Waals surface area contributed by atoms with Gasteiger partial charge in [-0.15, -0.1) is 0 Å². The van der Waals surface area contributed by atoms with Gasteiger partial charge in [-0.25, -0.2) is 0 Å². The van der Waals surface area contributed by atoms with E-state index in [1.165, 1.54) is 31.2 Å². The molecule has 0 radical (unpaired) electrons. The Bertz CT molecular complexity index is 505. The van der Waals surface area contributed by atoms with E-state index in [-0.39, 0.29) is 5.91 Å². The Balaban J connectivity index is 1.75. The second-order valence-corrected chi connectivity index (χ2v) is 7.14. The van der Waals surface area contributed by atoms with Crippen LogP contribution in [-0.2, 0) is 4.79 Å². The molecule has 2 aliphatic carbocycles. The maximum Gasteiger partial charge on any atom is 0.243 e. The van der Waals surface area contributed by atoms with Crippen molar-refractivity contribution in [2.75, 3.05) is 5.32 Å². The van der Waals surface area contributed by atoms with Gasteiger partial charge in [0.1, 0.15) is 5.54 Å². The Labute approximate surface area is 127 Å². The summed E-state index contributed by atoms with van der Waals surface area (Å²) in [6, 6.07) is 8.22. The van der Waals surface area contributed by atoms with Crippen molar-refractivity contribution < 1.29 is 4.79 Å². The third kappa shape index (κ3) is 2.78. The largest absolute Gasteiger partial charge is 0.371 e. The summed E-state index contributed by atoms with van der Waals surface area (Å²) in [5.41, 5.74) is 7.95. The van der Waals surface area contributed by atoms with Gasteiger partial charge in [-0.2, -0.15) is 0 Å². The number of hydrogen-bond donors (Lipinski definition) is 2. The first-order valence-electron chi connectivity index (χ1n) is 8.19. The lowest BCUT2D eigenvalue weighted by Gasteiger charge is -2.44. The van der Waals surface area contributed by atoms with Crippen molar-refractivity contribution in [3.8, 4) is 0 Å². The average molecular weight is 286 g/mol. The topological polar surface area (TPSA) is 55.1 Å². The van der Waals surface area contributed by atoms with Gasteiger partial charge in [0.25, 0.3) is 0 Å². The van der Waals surface area contributed by atoms with Crippen LogP contribution in [0.25, 0.3) is 0 Å². The summed E-state index contributed by atoms with van der Waals surface area (Å²) in [6.45, 7) is 2.07. The zero-order valence-electron chi connectivity index (χ0n) is 13.0. The summed E-state index contributed by atoms with van der Waals surface area (Å²) in [5, 5.41) is 3.45. The number of aryl methyl sites for hydroxylation is 1. The molecule has 2 fully saturated rings. The number of hydrogen-bond acceptors (Lipinski definition) is 2. The van der Waals surface area contributed by atoms with Gasteiger partial charge < -0.3 is 11.1 Å². The van der Waals surface area contributed by atoms with Gasteiger partial charge in [0.2, 0.25) is 5.91 Å². The zero-order chi connectivity index (χ0) is 14.9. The van der Waals surface area contributed by atoms with Crippen LogP contribution in [0.5, 0.6) is 0 Å². The molecule has 0 atom stereocenters. The molecule has 0 saturated heterocycles. The third-order valence-corrected chi connectivity index (χ3v) is 5.74. The minimum atomic E-state index is -0.552. The summed E-state index contributed by atoms with van der Waals surface area (Å²) in [5.74, 6) is -0.198. The highest BCUT2D eigenvalue weighted by molar-refractivity contribution is 5.88. The molecule has 2 aliphatic rings. The smallest absolute Gasteiger partial charge is 0.243 e. The lowest BCUT2D eigenvalue weighted by molar-refractivity contribution is -0.124. The minimum Gasteiger partial charge on any atom is -0.371 e. The second kappa shape index (κ2) is 5.36. The first-order valence-corrected chi connectivity index (χ1v) is 8.19. The van der Waals surface area contributed by atoms with Crippen molar-refractivity contribution in [2.24, 2.45) is 11.1 Å². The molecule has 3 heteroatoms. The highest BCUT2D eigenvalue weighted by atomic mass is 16.1. The fourth-order valence-electron chi connectivity index (χ4n) is 4.18. The van der Waals surface area contributed by atoms with Gasteiger partial charge in [0.15, 0.2) is 0 Å². The number of primary amides is 1. The normalized spacial score (nSPS) is 23.1. The summed E-state index contributed by atoms with van der Waals surface area (Å²) in [7, 11) is 0. The first kappa shape index (κ1) is 14.4. The molecule has 1 aromatic rings. The van der Waals surface area contributed by atoms with Crippen molar-refractivity contribution in [3.63, 3.8) is 0 Å². The zero-order valence-corrected chi connectivity index (χ0v) is 13.0. The molecule has 0 aromatic heterocycles. The van der Waals surface area contributed by atoms with E-state index in [1.807, 2.05) is 12.1 Å². The monoisotopic (exact) mass is 286 g/mol. The Morgan fingerprint density at radius 2 is 1.57 bits per heavy atom. The predicted molar refractivity (Wildman–Crippen MR) is 86.1 cm³/mol. The number of anilines is 1. The minimum absolute atomic E-state index is 0.198. The van der Waals surface area contributed by atoms with Crippen LogP contribution in [0, 0.1) is 12.3 Å². The number of carbonyl (C=O) groups excluding carboxylic acids is 1. The van der Waals surface area contributed by atoms with Crippen LogP contribution in [-0.4, -0.2) is 11.4 Å². The maximum absolute atomic E-state index is 12.1. The molecule has 0 unspecified atom stereocenters. The maximum atomic E-state index is 12.1. The molecule has 0 bridgehead atoms. The van der Waals surface area contributed by atoms with Crippen LogP contribution >= 0.6 is 0 Å². The molecule has 3 rings (SSSR count). The standard InChI is InChI=1S/C18H26N2O/c1-14-4-6-15(7-5-14)20-18(16(19)21)12-10-17(11-13-18)8-2-3-9-17/h4-7,20H,2-3,8-13H2,1H3,(H2,19,21). The number of carbonyl (C=O) groups is 1. The van der Waals surface area contributed by atoms with Gasteiger partial charge in [0.05, 0.1) is 0 Å². The first-order chi connectivity index (χ1) is 10.0. The molecule has 2 saturated carbocycles. The Kier molecular flexibility index (Phi) is 3.68. The quantitative estimate of drug-likeness (QED) is 0.888. The van der Waals surface area contributed by atoms with Crippen LogP contribution in [0.4, 0.5) is 5.69 Å². The number of nitrogens with one attached hydrogen (secondary N) is 1. The van der Waals surface area contributed by atoms with E-state index in [9.17, 15) is 4.79 Å². The van der Waals surface area contributed by atoms with Gasteiger partial charge in [-0.05, 0) is 63.0 Å². The average Bonchev–Trinajstić information content (AvgIpc) is 2.93. The molecule has 0 heterocycles. The van der Waals surface area contributed by atoms with Crippen molar-refractivity contribution >= 4 is 11.6 Å². The second-order valence-electron chi connectivity index (χ2n) is 7.14. The molecule has 0 aliphatic heterocycles. The Hall–Kier alpha value is -1.51. The van der Waals surface area contributed by atoms with E-state index < -0.39 is 5.54 Å². The van der Waals surface area contributed by atoms with Gasteiger partial charge in [-0.3, -0.25) is 4.79 Å². The predicted octanol–water partition coefficient (Wildman–Crippen LogP) is 3.77. The lowest BCUT2D eigenvalue weighted by atomic mass is 9.66. The van der Waals surface area contributed by atoms with E-state index in [0.717, 1.165) is 31.4 Å².